The van der Waals surface area contributed by atoms with Crippen molar-refractivity contribution in [3.63, 3.8) is 0 Å². The molecule has 0 radical (unpaired) electrons. The molecule has 1 heterocycles. The van der Waals surface area contributed by atoms with Crippen LogP contribution in [0.1, 0.15) is 30.2 Å². The van der Waals surface area contributed by atoms with E-state index in [4.69, 9.17) is 9.52 Å². The van der Waals surface area contributed by atoms with Gasteiger partial charge in [0.2, 0.25) is 5.89 Å². The van der Waals surface area contributed by atoms with Crippen molar-refractivity contribution in [3.8, 4) is 0 Å². The summed E-state index contributed by atoms with van der Waals surface area (Å²) in [6, 6.07) is -0.261. The maximum absolute atomic E-state index is 11.5. The van der Waals surface area contributed by atoms with Gasteiger partial charge in [-0.2, -0.15) is 0 Å². The first-order valence-corrected chi connectivity index (χ1v) is 6.10. The summed E-state index contributed by atoms with van der Waals surface area (Å²) in [5.74, 6) is 1.27. The number of carbonyl (C=O) groups is 1. The summed E-state index contributed by atoms with van der Waals surface area (Å²) in [5, 5.41) is 14.5. The Kier molecular flexibility index (Phi) is 3.56. The molecule has 0 bridgehead atoms. The first kappa shape index (κ1) is 12.9. The van der Waals surface area contributed by atoms with Gasteiger partial charge in [0.25, 0.3) is 0 Å². The summed E-state index contributed by atoms with van der Waals surface area (Å²) in [6.07, 6.45) is 1.95. The molecule has 1 aromatic heterocycles. The highest BCUT2D eigenvalue weighted by molar-refractivity contribution is 5.73. The van der Waals surface area contributed by atoms with Crippen LogP contribution in [0.2, 0.25) is 0 Å². The molecule has 6 heteroatoms. The molecule has 0 aliphatic heterocycles. The molecule has 6 nitrogen and oxygen atoms in total. The van der Waals surface area contributed by atoms with Gasteiger partial charge in [-0.1, -0.05) is 0 Å². The minimum Gasteiger partial charge on any atom is -0.444 e. The van der Waals surface area contributed by atoms with E-state index in [9.17, 15) is 4.79 Å². The van der Waals surface area contributed by atoms with Gasteiger partial charge in [-0.3, -0.25) is 0 Å². The van der Waals surface area contributed by atoms with Gasteiger partial charge in [0, 0.05) is 12.0 Å². The third-order valence-electron chi connectivity index (χ3n) is 3.39. The van der Waals surface area contributed by atoms with Crippen molar-refractivity contribution < 1.29 is 14.3 Å². The molecule has 0 atom stereocenters. The molecule has 1 aromatic rings. The van der Waals surface area contributed by atoms with Gasteiger partial charge in [-0.25, -0.2) is 9.78 Å². The summed E-state index contributed by atoms with van der Waals surface area (Å²) in [4.78, 5) is 15.7. The number of carbonyl (C=O) groups excluding carboxylic acids is 1. The lowest BCUT2D eigenvalue weighted by atomic mass is 10.1. The number of aliphatic hydroxyl groups is 1. The van der Waals surface area contributed by atoms with Crippen molar-refractivity contribution in [2.24, 2.45) is 5.41 Å². The molecule has 2 amide bonds. The minimum atomic E-state index is -0.261. The largest absolute Gasteiger partial charge is 0.444 e. The zero-order valence-corrected chi connectivity index (χ0v) is 10.7. The smallest absolute Gasteiger partial charge is 0.315 e. The Morgan fingerprint density at radius 1 is 1.44 bits per heavy atom. The molecule has 0 unspecified atom stereocenters. The zero-order chi connectivity index (χ0) is 13.2. The van der Waals surface area contributed by atoms with Crippen LogP contribution in [0, 0.1) is 19.3 Å². The molecule has 1 saturated carbocycles. The number of nitrogens with one attached hydrogen (secondary N) is 2. The molecule has 100 valence electrons. The number of amides is 2. The third-order valence-corrected chi connectivity index (χ3v) is 3.39. The lowest BCUT2D eigenvalue weighted by molar-refractivity contribution is 0.202. The quantitative estimate of drug-likeness (QED) is 0.726. The van der Waals surface area contributed by atoms with Gasteiger partial charge < -0.3 is 20.2 Å². The fraction of sp³-hybridized carbons (Fsp3) is 0.667. The van der Waals surface area contributed by atoms with Crippen LogP contribution in [-0.2, 0) is 6.54 Å². The second-order valence-corrected chi connectivity index (χ2v) is 4.94. The van der Waals surface area contributed by atoms with Crippen LogP contribution in [0.25, 0.3) is 0 Å². The van der Waals surface area contributed by atoms with Gasteiger partial charge in [-0.05, 0) is 26.7 Å². The van der Waals surface area contributed by atoms with Crippen molar-refractivity contribution in [3.05, 3.63) is 17.3 Å². The normalized spacial score (nSPS) is 16.4. The van der Waals surface area contributed by atoms with Crippen LogP contribution in [0.5, 0.6) is 0 Å². The molecule has 0 aromatic carbocycles. The second kappa shape index (κ2) is 4.97. The molecule has 1 aliphatic carbocycles. The van der Waals surface area contributed by atoms with Crippen molar-refractivity contribution in [2.75, 3.05) is 13.2 Å². The minimum absolute atomic E-state index is 0.0759. The number of aliphatic hydroxyl groups excluding tert-OH is 1. The number of hydrogen-bond acceptors (Lipinski definition) is 4. The number of hydrogen-bond donors (Lipinski definition) is 3. The lowest BCUT2D eigenvalue weighted by Gasteiger charge is -2.12. The van der Waals surface area contributed by atoms with E-state index in [2.05, 4.69) is 15.6 Å². The summed E-state index contributed by atoms with van der Waals surface area (Å²) in [6.45, 7) is 4.61. The van der Waals surface area contributed by atoms with Crippen molar-refractivity contribution in [2.45, 2.75) is 33.2 Å². The number of aryl methyl sites for hydroxylation is 2. The van der Waals surface area contributed by atoms with Gasteiger partial charge in [0.1, 0.15) is 5.76 Å². The number of oxazole rings is 1. The first-order valence-electron chi connectivity index (χ1n) is 6.10. The van der Waals surface area contributed by atoms with Crippen molar-refractivity contribution in [1.82, 2.24) is 15.6 Å². The Morgan fingerprint density at radius 3 is 2.67 bits per heavy atom. The molecule has 0 saturated heterocycles. The van der Waals surface area contributed by atoms with Crippen LogP contribution < -0.4 is 10.6 Å². The average molecular weight is 253 g/mol. The molecule has 3 N–H and O–H groups in total. The summed E-state index contributed by atoms with van der Waals surface area (Å²) in [7, 11) is 0. The van der Waals surface area contributed by atoms with E-state index in [1.54, 1.807) is 0 Å². The standard InChI is InChI=1S/C12H19N3O3/c1-8-9(2)18-10(15-8)5-13-11(17)14-6-12(7-16)3-4-12/h16H,3-7H2,1-2H3,(H2,13,14,17). The highest BCUT2D eigenvalue weighted by atomic mass is 16.4. The molecule has 18 heavy (non-hydrogen) atoms. The van der Waals surface area contributed by atoms with Crippen molar-refractivity contribution >= 4 is 6.03 Å². The van der Waals surface area contributed by atoms with Crippen LogP contribution in [-0.4, -0.2) is 29.3 Å². The SMILES string of the molecule is Cc1nc(CNC(=O)NCC2(CO)CC2)oc1C. The molecule has 2 rings (SSSR count). The monoisotopic (exact) mass is 253 g/mol. The van der Waals surface area contributed by atoms with Crippen LogP contribution >= 0.6 is 0 Å². The summed E-state index contributed by atoms with van der Waals surface area (Å²) in [5.41, 5.74) is 0.761. The highest BCUT2D eigenvalue weighted by Crippen LogP contribution is 2.44. The van der Waals surface area contributed by atoms with Crippen LogP contribution in [0.4, 0.5) is 4.79 Å². The molecular formula is C12H19N3O3. The fourth-order valence-corrected chi connectivity index (χ4v) is 1.67. The topological polar surface area (TPSA) is 87.4 Å². The third kappa shape index (κ3) is 3.01. The van der Waals surface area contributed by atoms with Crippen molar-refractivity contribution in [1.29, 1.82) is 0 Å². The Bertz CT molecular complexity index is 418. The van der Waals surface area contributed by atoms with Gasteiger partial charge in [0.15, 0.2) is 0 Å². The summed E-state index contributed by atoms with van der Waals surface area (Å²) >= 11 is 0. The molecule has 0 spiro atoms. The van der Waals surface area contributed by atoms with Crippen LogP contribution in [0.15, 0.2) is 4.42 Å². The number of urea groups is 1. The Morgan fingerprint density at radius 2 is 2.17 bits per heavy atom. The van der Waals surface area contributed by atoms with Gasteiger partial charge in [0.05, 0.1) is 18.8 Å². The Labute approximate surface area is 106 Å². The highest BCUT2D eigenvalue weighted by Gasteiger charge is 2.42. The van der Waals surface area contributed by atoms with E-state index in [0.29, 0.717) is 12.4 Å². The molecular weight excluding hydrogens is 234 g/mol. The zero-order valence-electron chi connectivity index (χ0n) is 10.7. The lowest BCUT2D eigenvalue weighted by Crippen LogP contribution is -2.39. The fourth-order valence-electron chi connectivity index (χ4n) is 1.67. The number of aromatic nitrogens is 1. The van der Waals surface area contributed by atoms with E-state index < -0.39 is 0 Å². The molecule has 1 aliphatic rings. The van der Waals surface area contributed by atoms with E-state index >= 15 is 0 Å². The van der Waals surface area contributed by atoms with E-state index in [1.807, 2.05) is 13.8 Å². The average Bonchev–Trinajstić information content (AvgIpc) is 3.07. The predicted molar refractivity (Wildman–Crippen MR) is 65.0 cm³/mol. The summed E-state index contributed by atoms with van der Waals surface area (Å²) < 4.78 is 5.35. The van der Waals surface area contributed by atoms with Crippen LogP contribution in [0.3, 0.4) is 0 Å². The second-order valence-electron chi connectivity index (χ2n) is 4.94. The first-order chi connectivity index (χ1) is 8.54. The number of rotatable bonds is 5. The van der Waals surface area contributed by atoms with Gasteiger partial charge in [-0.15, -0.1) is 0 Å². The maximum Gasteiger partial charge on any atom is 0.315 e. The number of nitrogens with zero attached hydrogens (tertiary/aromatic N) is 1. The van der Waals surface area contributed by atoms with E-state index in [1.165, 1.54) is 0 Å². The Balaban J connectivity index is 1.71. The molecule has 1 fully saturated rings. The van der Waals surface area contributed by atoms with E-state index in [0.717, 1.165) is 24.3 Å². The van der Waals surface area contributed by atoms with E-state index in [-0.39, 0.29) is 24.6 Å². The Hall–Kier alpha value is -1.56. The predicted octanol–water partition coefficient (Wildman–Crippen LogP) is 0.863. The maximum atomic E-state index is 11.5. The van der Waals surface area contributed by atoms with Gasteiger partial charge >= 0.3 is 6.03 Å².